The molecule has 1 saturated heterocycles. The summed E-state index contributed by atoms with van der Waals surface area (Å²) in [4.78, 5) is 1.33. The van der Waals surface area contributed by atoms with E-state index in [1.54, 1.807) is 0 Å². The maximum Gasteiger partial charge on any atom is 0.464 e. The molecule has 0 aliphatic carbocycles. The smallest absolute Gasteiger partial charge is 0.403 e. The van der Waals surface area contributed by atoms with Crippen LogP contribution in [-0.2, 0) is 9.31 Å². The number of rotatable bonds is 8. The topological polar surface area (TPSA) is 18.5 Å². The van der Waals surface area contributed by atoms with E-state index in [2.05, 4.69) is 84.9 Å². The Labute approximate surface area is 165 Å². The third-order valence-corrected chi connectivity index (χ3v) is 6.79. The van der Waals surface area contributed by atoms with Crippen LogP contribution < -0.4 is 0 Å². The summed E-state index contributed by atoms with van der Waals surface area (Å²) in [6.07, 6.45) is 5.54. The van der Waals surface area contributed by atoms with Gasteiger partial charge >= 0.3 is 7.12 Å². The van der Waals surface area contributed by atoms with E-state index in [9.17, 15) is 0 Å². The molecule has 0 aromatic heterocycles. The van der Waals surface area contributed by atoms with Crippen LogP contribution in [0.25, 0.3) is 0 Å². The first kappa shape index (κ1) is 21.6. The highest BCUT2D eigenvalue weighted by atomic mass is 32.2. The second-order valence-electron chi connectivity index (χ2n) is 8.97. The first-order valence-electron chi connectivity index (χ1n) is 9.73. The number of hydrogen-bond donors (Lipinski definition) is 0. The fourth-order valence-corrected chi connectivity index (χ4v) is 4.25. The minimum absolute atomic E-state index is 0.00122. The first-order chi connectivity index (χ1) is 12.1. The Morgan fingerprint density at radius 2 is 1.62 bits per heavy atom. The van der Waals surface area contributed by atoms with Crippen molar-refractivity contribution >= 4 is 18.9 Å². The van der Waals surface area contributed by atoms with Crippen molar-refractivity contribution in [1.29, 1.82) is 0 Å². The zero-order chi connectivity index (χ0) is 19.4. The van der Waals surface area contributed by atoms with Gasteiger partial charge in [-0.25, -0.2) is 0 Å². The Bertz CT molecular complexity index is 592. The van der Waals surface area contributed by atoms with Crippen LogP contribution in [0.5, 0.6) is 0 Å². The zero-order valence-corrected chi connectivity index (χ0v) is 18.4. The molecule has 2 nitrogen and oxygen atoms in total. The predicted molar refractivity (Wildman–Crippen MR) is 115 cm³/mol. The zero-order valence-electron chi connectivity index (χ0n) is 17.6. The molecule has 1 atom stereocenters. The van der Waals surface area contributed by atoms with Gasteiger partial charge in [0.05, 0.1) is 11.2 Å². The van der Waals surface area contributed by atoms with Crippen molar-refractivity contribution in [3.05, 3.63) is 42.0 Å². The molecule has 0 amide bonds. The summed E-state index contributed by atoms with van der Waals surface area (Å²) in [7, 11) is -0.158. The van der Waals surface area contributed by atoms with Gasteiger partial charge in [-0.2, -0.15) is 0 Å². The number of allylic oxidation sites excluding steroid dienone is 2. The Morgan fingerprint density at radius 3 is 2.15 bits per heavy atom. The van der Waals surface area contributed by atoms with Crippen molar-refractivity contribution in [2.45, 2.75) is 89.1 Å². The lowest BCUT2D eigenvalue weighted by Crippen LogP contribution is -2.41. The number of benzene rings is 1. The Kier molecular flexibility index (Phi) is 7.09. The fourth-order valence-electron chi connectivity index (χ4n) is 3.10. The maximum absolute atomic E-state index is 6.44. The van der Waals surface area contributed by atoms with E-state index >= 15 is 0 Å². The van der Waals surface area contributed by atoms with Gasteiger partial charge in [0.15, 0.2) is 0 Å². The molecule has 1 fully saturated rings. The molecule has 26 heavy (non-hydrogen) atoms. The van der Waals surface area contributed by atoms with Gasteiger partial charge < -0.3 is 9.31 Å². The third kappa shape index (κ3) is 5.40. The molecule has 2 rings (SSSR count). The average molecular weight is 374 g/mol. The maximum atomic E-state index is 6.44. The van der Waals surface area contributed by atoms with Crippen molar-refractivity contribution in [2.75, 3.05) is 5.75 Å². The summed E-state index contributed by atoms with van der Waals surface area (Å²) in [6, 6.07) is 10.6. The summed E-state index contributed by atoms with van der Waals surface area (Å²) in [5.41, 5.74) is 0.823. The van der Waals surface area contributed by atoms with Crippen LogP contribution in [0.2, 0.25) is 5.31 Å². The molecule has 1 aromatic carbocycles. The largest absolute Gasteiger partial charge is 0.464 e. The Balaban J connectivity index is 2.07. The van der Waals surface area contributed by atoms with Gasteiger partial charge in [-0.15, -0.1) is 11.8 Å². The minimum Gasteiger partial charge on any atom is -0.403 e. The average Bonchev–Trinajstić information content (AvgIpc) is 2.76. The van der Waals surface area contributed by atoms with E-state index in [4.69, 9.17) is 9.31 Å². The number of hydrogen-bond acceptors (Lipinski definition) is 3. The molecule has 0 bridgehead atoms. The minimum atomic E-state index is -0.276. The van der Waals surface area contributed by atoms with E-state index in [1.807, 2.05) is 11.8 Å². The lowest BCUT2D eigenvalue weighted by molar-refractivity contribution is 0.00578. The van der Waals surface area contributed by atoms with Gasteiger partial charge in [0.25, 0.3) is 0 Å². The van der Waals surface area contributed by atoms with E-state index in [1.165, 1.54) is 10.5 Å². The van der Waals surface area contributed by atoms with E-state index in [-0.39, 0.29) is 23.6 Å². The van der Waals surface area contributed by atoms with Crippen molar-refractivity contribution in [3.8, 4) is 0 Å². The standard InChI is InChI=1S/C22H35BO2S/c1-18(2)12-11-15-22(7,16-17-26-19-13-9-8-10-14-19)23-24-20(3,4)21(5,6)25-23/h8-10,12-14H,11,15-17H2,1-7H3. The van der Waals surface area contributed by atoms with Crippen LogP contribution in [0, 0.1) is 0 Å². The molecule has 1 aliphatic heterocycles. The van der Waals surface area contributed by atoms with Crippen LogP contribution in [0.3, 0.4) is 0 Å². The van der Waals surface area contributed by atoms with Gasteiger partial charge in [-0.05, 0) is 78.7 Å². The first-order valence-corrected chi connectivity index (χ1v) is 10.7. The Morgan fingerprint density at radius 1 is 1.04 bits per heavy atom. The summed E-state index contributed by atoms with van der Waals surface area (Å²) < 4.78 is 12.9. The molecule has 1 unspecified atom stereocenters. The monoisotopic (exact) mass is 374 g/mol. The SMILES string of the molecule is CC(C)=CCCC(C)(CCSc1ccccc1)B1OC(C)(C)C(C)(C)O1. The van der Waals surface area contributed by atoms with E-state index in [0.717, 1.165) is 25.0 Å². The summed E-state index contributed by atoms with van der Waals surface area (Å²) in [6.45, 7) is 15.2. The van der Waals surface area contributed by atoms with Crippen molar-refractivity contribution in [3.63, 3.8) is 0 Å². The van der Waals surface area contributed by atoms with E-state index in [0.29, 0.717) is 0 Å². The molecule has 0 saturated carbocycles. The predicted octanol–water partition coefficient (Wildman–Crippen LogP) is 6.77. The van der Waals surface area contributed by atoms with Gasteiger partial charge in [0.1, 0.15) is 0 Å². The highest BCUT2D eigenvalue weighted by Gasteiger charge is 2.57. The van der Waals surface area contributed by atoms with Gasteiger partial charge in [-0.1, -0.05) is 36.8 Å². The van der Waals surface area contributed by atoms with Gasteiger partial charge in [-0.3, -0.25) is 0 Å². The molecule has 4 heteroatoms. The molecule has 0 N–H and O–H groups in total. The van der Waals surface area contributed by atoms with Crippen molar-refractivity contribution in [1.82, 2.24) is 0 Å². The fraction of sp³-hybridized carbons (Fsp3) is 0.636. The van der Waals surface area contributed by atoms with Crippen LogP contribution in [-0.4, -0.2) is 24.1 Å². The lowest BCUT2D eigenvalue weighted by Gasteiger charge is -2.32. The molecule has 144 valence electrons. The third-order valence-electron chi connectivity index (χ3n) is 5.78. The molecule has 0 radical (unpaired) electrons. The summed E-state index contributed by atoms with van der Waals surface area (Å²) in [5.74, 6) is 1.07. The molecule has 1 aromatic rings. The second kappa shape index (κ2) is 8.54. The molecule has 0 spiro atoms. The Hall–Kier alpha value is -0.705. The van der Waals surface area contributed by atoms with Crippen LogP contribution in [0.4, 0.5) is 0 Å². The number of thioether (sulfide) groups is 1. The van der Waals surface area contributed by atoms with E-state index < -0.39 is 0 Å². The van der Waals surface area contributed by atoms with Crippen LogP contribution in [0.1, 0.15) is 67.7 Å². The molecule has 1 aliphatic rings. The highest BCUT2D eigenvalue weighted by molar-refractivity contribution is 7.99. The second-order valence-corrected chi connectivity index (χ2v) is 10.1. The molecule has 1 heterocycles. The van der Waals surface area contributed by atoms with Crippen LogP contribution >= 0.6 is 11.8 Å². The van der Waals surface area contributed by atoms with Gasteiger partial charge in [0, 0.05) is 10.2 Å². The summed E-state index contributed by atoms with van der Waals surface area (Å²) in [5, 5.41) is -0.00122. The van der Waals surface area contributed by atoms with Crippen LogP contribution in [0.15, 0.2) is 46.9 Å². The summed E-state index contributed by atoms with van der Waals surface area (Å²) >= 11 is 1.92. The van der Waals surface area contributed by atoms with Crippen molar-refractivity contribution < 1.29 is 9.31 Å². The molecular formula is C22H35BO2S. The normalized spacial score (nSPS) is 20.7. The molecular weight excluding hydrogens is 339 g/mol. The quantitative estimate of drug-likeness (QED) is 0.284. The van der Waals surface area contributed by atoms with Crippen molar-refractivity contribution in [2.24, 2.45) is 0 Å². The lowest BCUT2D eigenvalue weighted by atomic mass is 9.55. The highest BCUT2D eigenvalue weighted by Crippen LogP contribution is 2.49. The van der Waals surface area contributed by atoms with Gasteiger partial charge in [0.2, 0.25) is 0 Å².